The topological polar surface area (TPSA) is 55.6 Å². The normalized spacial score (nSPS) is 22.2. The Bertz CT molecular complexity index is 510. The summed E-state index contributed by atoms with van der Waals surface area (Å²) in [4.78, 5) is 14.4. The van der Waals surface area contributed by atoms with E-state index < -0.39 is 5.60 Å². The first-order valence-corrected chi connectivity index (χ1v) is 6.67. The summed E-state index contributed by atoms with van der Waals surface area (Å²) in [6, 6.07) is 7.35. The van der Waals surface area contributed by atoms with Gasteiger partial charge in [-0.05, 0) is 31.9 Å². The molecule has 2 rings (SSSR count). The molecular weight excluding hydrogens is 260 g/mol. The van der Waals surface area contributed by atoms with Gasteiger partial charge in [-0.2, -0.15) is 0 Å². The van der Waals surface area contributed by atoms with Crippen LogP contribution in [0.2, 0.25) is 0 Å². The summed E-state index contributed by atoms with van der Waals surface area (Å²) < 4.78 is 5.58. The maximum atomic E-state index is 12.5. The zero-order valence-corrected chi connectivity index (χ0v) is 12.0. The molecule has 1 saturated heterocycles. The van der Waals surface area contributed by atoms with Crippen molar-refractivity contribution in [1.82, 2.24) is 0 Å². The van der Waals surface area contributed by atoms with E-state index in [2.05, 4.69) is 0 Å². The first-order valence-electron chi connectivity index (χ1n) is 6.26. The largest absolute Gasteiger partial charge is 0.389 e. The van der Waals surface area contributed by atoms with E-state index in [0.717, 1.165) is 24.1 Å². The minimum atomic E-state index is -0.714. The molecule has 1 aromatic carbocycles. The number of ether oxygens (including phenoxy) is 1. The van der Waals surface area contributed by atoms with E-state index in [4.69, 9.17) is 22.7 Å². The van der Waals surface area contributed by atoms with Crippen molar-refractivity contribution in [3.8, 4) is 0 Å². The fraction of sp³-hybridized carbons (Fsp3) is 0.429. The molecule has 0 aliphatic carbocycles. The molecule has 1 aliphatic heterocycles. The van der Waals surface area contributed by atoms with Crippen LogP contribution >= 0.6 is 12.2 Å². The molecule has 1 unspecified atom stereocenters. The summed E-state index contributed by atoms with van der Waals surface area (Å²) in [5.41, 5.74) is 6.42. The molecule has 0 saturated carbocycles. The Morgan fingerprint density at radius 3 is 2.84 bits per heavy atom. The van der Waals surface area contributed by atoms with E-state index in [1.54, 1.807) is 11.9 Å². The SMILES string of the molecule is CN(C(=O)C1(C)CCCO1)c1cccc(C(N)=S)c1. The third kappa shape index (κ3) is 2.77. The van der Waals surface area contributed by atoms with Gasteiger partial charge >= 0.3 is 0 Å². The van der Waals surface area contributed by atoms with Crippen molar-refractivity contribution in [3.05, 3.63) is 29.8 Å². The van der Waals surface area contributed by atoms with Gasteiger partial charge in [0.15, 0.2) is 0 Å². The van der Waals surface area contributed by atoms with Crippen LogP contribution in [0.3, 0.4) is 0 Å². The van der Waals surface area contributed by atoms with Crippen molar-refractivity contribution in [1.29, 1.82) is 0 Å². The van der Waals surface area contributed by atoms with Crippen LogP contribution in [0, 0.1) is 0 Å². The summed E-state index contributed by atoms with van der Waals surface area (Å²) in [6.45, 7) is 2.49. The van der Waals surface area contributed by atoms with Gasteiger partial charge in [0.05, 0.1) is 0 Å². The quantitative estimate of drug-likeness (QED) is 0.857. The molecule has 1 heterocycles. The van der Waals surface area contributed by atoms with Crippen LogP contribution < -0.4 is 10.6 Å². The average Bonchev–Trinajstić information content (AvgIpc) is 2.85. The number of nitrogens with zero attached hydrogens (tertiary/aromatic N) is 1. The summed E-state index contributed by atoms with van der Waals surface area (Å²) in [5, 5.41) is 0. The van der Waals surface area contributed by atoms with Crippen molar-refractivity contribution in [2.24, 2.45) is 5.73 Å². The Kier molecular flexibility index (Phi) is 3.87. The zero-order chi connectivity index (χ0) is 14.0. The van der Waals surface area contributed by atoms with E-state index >= 15 is 0 Å². The number of hydrogen-bond acceptors (Lipinski definition) is 3. The van der Waals surface area contributed by atoms with Gasteiger partial charge in [0.2, 0.25) is 0 Å². The molecule has 0 bridgehead atoms. The van der Waals surface area contributed by atoms with Gasteiger partial charge in [-0.25, -0.2) is 0 Å². The van der Waals surface area contributed by atoms with Crippen molar-refractivity contribution >= 4 is 28.8 Å². The predicted octanol–water partition coefficient (Wildman–Crippen LogP) is 1.85. The second kappa shape index (κ2) is 5.27. The lowest BCUT2D eigenvalue weighted by atomic mass is 10.0. The van der Waals surface area contributed by atoms with Gasteiger partial charge < -0.3 is 15.4 Å². The summed E-state index contributed by atoms with van der Waals surface area (Å²) >= 11 is 4.95. The predicted molar refractivity (Wildman–Crippen MR) is 79.3 cm³/mol. The molecule has 4 nitrogen and oxygen atoms in total. The Morgan fingerprint density at radius 1 is 1.53 bits per heavy atom. The molecule has 0 spiro atoms. The third-order valence-electron chi connectivity index (χ3n) is 3.49. The molecule has 1 aromatic rings. The Balaban J connectivity index is 2.24. The van der Waals surface area contributed by atoms with E-state index in [1.807, 2.05) is 31.2 Å². The number of thiocarbonyl (C=S) groups is 1. The second-order valence-corrected chi connectivity index (χ2v) is 5.40. The van der Waals surface area contributed by atoms with Gasteiger partial charge in [-0.3, -0.25) is 4.79 Å². The summed E-state index contributed by atoms with van der Waals surface area (Å²) in [5.74, 6) is -0.0370. The van der Waals surface area contributed by atoms with Crippen molar-refractivity contribution in [2.75, 3.05) is 18.6 Å². The van der Waals surface area contributed by atoms with Gasteiger partial charge in [0.25, 0.3) is 5.91 Å². The van der Waals surface area contributed by atoms with Crippen LogP contribution in [0.4, 0.5) is 5.69 Å². The highest BCUT2D eigenvalue weighted by atomic mass is 32.1. The fourth-order valence-corrected chi connectivity index (χ4v) is 2.41. The van der Waals surface area contributed by atoms with E-state index in [-0.39, 0.29) is 5.91 Å². The zero-order valence-electron chi connectivity index (χ0n) is 11.2. The highest BCUT2D eigenvalue weighted by molar-refractivity contribution is 7.80. The first kappa shape index (κ1) is 14.0. The van der Waals surface area contributed by atoms with Crippen molar-refractivity contribution in [3.63, 3.8) is 0 Å². The first-order chi connectivity index (χ1) is 8.94. The molecule has 1 aliphatic rings. The lowest BCUT2D eigenvalue weighted by molar-refractivity contribution is -0.136. The highest BCUT2D eigenvalue weighted by Gasteiger charge is 2.40. The maximum absolute atomic E-state index is 12.5. The van der Waals surface area contributed by atoms with Crippen molar-refractivity contribution in [2.45, 2.75) is 25.4 Å². The van der Waals surface area contributed by atoms with Gasteiger partial charge in [0, 0.05) is 24.9 Å². The van der Waals surface area contributed by atoms with Gasteiger partial charge in [-0.1, -0.05) is 24.4 Å². The fourth-order valence-electron chi connectivity index (χ4n) is 2.29. The number of likely N-dealkylation sites (N-methyl/N-ethyl adjacent to an activating group) is 1. The third-order valence-corrected chi connectivity index (χ3v) is 3.73. The number of hydrogen-bond donors (Lipinski definition) is 1. The van der Waals surface area contributed by atoms with Gasteiger partial charge in [0.1, 0.15) is 10.6 Å². The molecule has 1 fully saturated rings. The van der Waals surface area contributed by atoms with Crippen LogP contribution in [0.15, 0.2) is 24.3 Å². The number of benzene rings is 1. The summed E-state index contributed by atoms with van der Waals surface area (Å²) in [6.07, 6.45) is 1.67. The molecule has 1 amide bonds. The Hall–Kier alpha value is -1.46. The van der Waals surface area contributed by atoms with Gasteiger partial charge in [-0.15, -0.1) is 0 Å². The number of amides is 1. The number of nitrogens with two attached hydrogens (primary N) is 1. The summed E-state index contributed by atoms with van der Waals surface area (Å²) in [7, 11) is 1.74. The molecule has 19 heavy (non-hydrogen) atoms. The van der Waals surface area contributed by atoms with E-state index in [0.29, 0.717) is 11.6 Å². The van der Waals surface area contributed by atoms with Crippen LogP contribution in [0.5, 0.6) is 0 Å². The number of carbonyl (C=O) groups excluding carboxylic acids is 1. The average molecular weight is 278 g/mol. The lowest BCUT2D eigenvalue weighted by Crippen LogP contribution is -2.45. The highest BCUT2D eigenvalue weighted by Crippen LogP contribution is 2.29. The number of rotatable bonds is 3. The number of carbonyl (C=O) groups is 1. The lowest BCUT2D eigenvalue weighted by Gasteiger charge is -2.28. The number of anilines is 1. The molecule has 2 N–H and O–H groups in total. The van der Waals surface area contributed by atoms with Crippen LogP contribution in [-0.2, 0) is 9.53 Å². The van der Waals surface area contributed by atoms with Crippen LogP contribution in [0.25, 0.3) is 0 Å². The molecular formula is C14H18N2O2S. The second-order valence-electron chi connectivity index (χ2n) is 4.96. The minimum absolute atomic E-state index is 0.0370. The molecule has 1 atom stereocenters. The molecule has 102 valence electrons. The van der Waals surface area contributed by atoms with E-state index in [9.17, 15) is 4.79 Å². The standard InChI is InChI=1S/C14H18N2O2S/c1-14(7-4-8-18-14)13(17)16(2)11-6-3-5-10(9-11)12(15)19/h3,5-6,9H,4,7-8H2,1-2H3,(H2,15,19). The smallest absolute Gasteiger partial charge is 0.258 e. The molecule has 0 radical (unpaired) electrons. The monoisotopic (exact) mass is 278 g/mol. The Labute approximate surface area is 118 Å². The molecule has 5 heteroatoms. The maximum Gasteiger partial charge on any atom is 0.258 e. The van der Waals surface area contributed by atoms with Crippen molar-refractivity contribution < 1.29 is 9.53 Å². The Morgan fingerprint density at radius 2 is 2.26 bits per heavy atom. The van der Waals surface area contributed by atoms with Crippen LogP contribution in [0.1, 0.15) is 25.3 Å². The minimum Gasteiger partial charge on any atom is -0.389 e. The van der Waals surface area contributed by atoms with Crippen LogP contribution in [-0.4, -0.2) is 30.2 Å². The molecule has 0 aromatic heterocycles. The van der Waals surface area contributed by atoms with E-state index in [1.165, 1.54) is 0 Å².